The number of rotatable bonds is 7. The van der Waals surface area contributed by atoms with Crippen LogP contribution in [0.25, 0.3) is 11.1 Å². The Morgan fingerprint density at radius 3 is 2.15 bits per heavy atom. The highest BCUT2D eigenvalue weighted by Gasteiger charge is 2.07. The zero-order chi connectivity index (χ0) is 20.7. The highest BCUT2D eigenvalue weighted by atomic mass is 16.5. The van der Waals surface area contributed by atoms with Crippen LogP contribution in [0.2, 0.25) is 0 Å². The SMILES string of the molecule is C=C(C)C.C=O.COCCCc1cc(CCO)ccc1-c1ccc(C)cc1. The third kappa shape index (κ3) is 10.5. The Kier molecular flexibility index (Phi) is 13.7. The second-order valence-corrected chi connectivity index (χ2v) is 6.63. The summed E-state index contributed by atoms with van der Waals surface area (Å²) in [6.45, 7) is 12.6. The number of hydrogen-bond acceptors (Lipinski definition) is 3. The molecule has 0 aliphatic carbocycles. The van der Waals surface area contributed by atoms with Crippen molar-refractivity contribution in [2.24, 2.45) is 0 Å². The normalized spacial score (nSPS) is 9.52. The van der Waals surface area contributed by atoms with Gasteiger partial charge in [-0.3, -0.25) is 0 Å². The molecule has 1 N–H and O–H groups in total. The van der Waals surface area contributed by atoms with E-state index in [1.54, 1.807) is 7.11 Å². The molecule has 0 bridgehead atoms. The van der Waals surface area contributed by atoms with Crippen molar-refractivity contribution in [2.75, 3.05) is 20.3 Å². The molecule has 2 aromatic rings. The third-order valence-corrected chi connectivity index (χ3v) is 3.73. The summed E-state index contributed by atoms with van der Waals surface area (Å²) in [5.74, 6) is 0. The highest BCUT2D eigenvalue weighted by Crippen LogP contribution is 2.26. The van der Waals surface area contributed by atoms with Crippen LogP contribution < -0.4 is 0 Å². The fourth-order valence-electron chi connectivity index (χ4n) is 2.56. The molecule has 0 aliphatic heterocycles. The summed E-state index contributed by atoms with van der Waals surface area (Å²) in [5.41, 5.74) is 7.51. The second kappa shape index (κ2) is 14.9. The largest absolute Gasteiger partial charge is 0.396 e. The maximum Gasteiger partial charge on any atom is 0.106 e. The Balaban J connectivity index is 0.000000998. The van der Waals surface area contributed by atoms with Gasteiger partial charge in [-0.25, -0.2) is 0 Å². The molecule has 2 rings (SSSR count). The van der Waals surface area contributed by atoms with E-state index in [0.29, 0.717) is 6.42 Å². The molecule has 0 saturated heterocycles. The topological polar surface area (TPSA) is 46.5 Å². The first-order valence-corrected chi connectivity index (χ1v) is 9.17. The molecule has 0 heterocycles. The molecular weight excluding hydrogens is 336 g/mol. The Hall–Kier alpha value is -2.23. The van der Waals surface area contributed by atoms with Crippen molar-refractivity contribution in [1.29, 1.82) is 0 Å². The number of benzene rings is 2. The van der Waals surface area contributed by atoms with Crippen molar-refractivity contribution in [3.63, 3.8) is 0 Å². The van der Waals surface area contributed by atoms with E-state index < -0.39 is 0 Å². The fraction of sp³-hybridized carbons (Fsp3) is 0.375. The minimum absolute atomic E-state index is 0.196. The molecule has 0 amide bonds. The van der Waals surface area contributed by atoms with E-state index in [9.17, 15) is 0 Å². The van der Waals surface area contributed by atoms with Gasteiger partial charge >= 0.3 is 0 Å². The van der Waals surface area contributed by atoms with E-state index in [2.05, 4.69) is 56.0 Å². The lowest BCUT2D eigenvalue weighted by molar-refractivity contribution is -0.0979. The van der Waals surface area contributed by atoms with Gasteiger partial charge in [0.25, 0.3) is 0 Å². The van der Waals surface area contributed by atoms with Crippen LogP contribution in [0.4, 0.5) is 0 Å². The molecule has 3 heteroatoms. The molecule has 3 nitrogen and oxygen atoms in total. The van der Waals surface area contributed by atoms with Crippen molar-refractivity contribution < 1.29 is 14.6 Å². The number of aliphatic hydroxyl groups excluding tert-OH is 1. The van der Waals surface area contributed by atoms with Gasteiger partial charge in [0.2, 0.25) is 0 Å². The molecular formula is C24H34O3. The van der Waals surface area contributed by atoms with Crippen molar-refractivity contribution in [3.05, 3.63) is 71.3 Å². The maximum absolute atomic E-state index is 9.12. The minimum Gasteiger partial charge on any atom is -0.396 e. The lowest BCUT2D eigenvalue weighted by atomic mass is 9.93. The van der Waals surface area contributed by atoms with Gasteiger partial charge in [0, 0.05) is 20.3 Å². The predicted molar refractivity (Wildman–Crippen MR) is 115 cm³/mol. The molecule has 2 aromatic carbocycles. The first kappa shape index (κ1) is 24.8. The van der Waals surface area contributed by atoms with Crippen molar-refractivity contribution in [2.45, 2.75) is 40.0 Å². The number of aryl methyl sites for hydroxylation is 2. The summed E-state index contributed by atoms with van der Waals surface area (Å²) < 4.78 is 5.16. The van der Waals surface area contributed by atoms with Crippen LogP contribution in [-0.4, -0.2) is 32.2 Å². The van der Waals surface area contributed by atoms with Gasteiger partial charge < -0.3 is 14.6 Å². The summed E-state index contributed by atoms with van der Waals surface area (Å²) in [5, 5.41) is 9.12. The third-order valence-electron chi connectivity index (χ3n) is 3.73. The summed E-state index contributed by atoms with van der Waals surface area (Å²) >= 11 is 0. The Morgan fingerprint density at radius 1 is 1.04 bits per heavy atom. The van der Waals surface area contributed by atoms with Crippen molar-refractivity contribution >= 4 is 6.79 Å². The number of ether oxygens (including phenoxy) is 1. The number of aliphatic hydroxyl groups is 1. The van der Waals surface area contributed by atoms with E-state index in [1.807, 2.05) is 20.6 Å². The summed E-state index contributed by atoms with van der Waals surface area (Å²) in [6, 6.07) is 15.2. The monoisotopic (exact) mass is 370 g/mol. The zero-order valence-electron chi connectivity index (χ0n) is 17.3. The van der Waals surface area contributed by atoms with Crippen molar-refractivity contribution in [1.82, 2.24) is 0 Å². The Morgan fingerprint density at radius 2 is 1.63 bits per heavy atom. The number of hydrogen-bond donors (Lipinski definition) is 1. The first-order valence-electron chi connectivity index (χ1n) is 9.17. The van der Waals surface area contributed by atoms with Crippen LogP contribution in [-0.2, 0) is 22.4 Å². The standard InChI is InChI=1S/C19H24O2.C4H8.CH2O/c1-15-5-8-17(9-6-15)19-10-7-16(11-12-20)14-18(19)4-3-13-21-2;1-4(2)3;1-2/h5-10,14,20H,3-4,11-13H2,1-2H3;1H2,2-3H3;1H2. The Bertz CT molecular complexity index is 656. The number of methoxy groups -OCH3 is 1. The lowest BCUT2D eigenvalue weighted by Gasteiger charge is -2.12. The minimum atomic E-state index is 0.196. The molecule has 0 radical (unpaired) electrons. The molecule has 148 valence electrons. The van der Waals surface area contributed by atoms with E-state index in [-0.39, 0.29) is 6.61 Å². The summed E-state index contributed by atoms with van der Waals surface area (Å²) in [6.07, 6.45) is 2.72. The van der Waals surface area contributed by atoms with Gasteiger partial charge in [-0.2, -0.15) is 0 Å². The number of allylic oxidation sites excluding steroid dienone is 1. The molecule has 0 atom stereocenters. The Labute approximate surface area is 164 Å². The van der Waals surface area contributed by atoms with Crippen LogP contribution in [0.3, 0.4) is 0 Å². The van der Waals surface area contributed by atoms with Gasteiger partial charge in [-0.1, -0.05) is 53.6 Å². The quantitative estimate of drug-likeness (QED) is 0.540. The predicted octanol–water partition coefficient (Wildman–Crippen LogP) is 5.17. The maximum atomic E-state index is 9.12. The summed E-state index contributed by atoms with van der Waals surface area (Å²) in [4.78, 5) is 8.00. The van der Waals surface area contributed by atoms with Gasteiger partial charge in [-0.05, 0) is 62.3 Å². The molecule has 0 fully saturated rings. The molecule has 0 saturated carbocycles. The van der Waals surface area contributed by atoms with E-state index in [4.69, 9.17) is 14.6 Å². The molecule has 0 aliphatic rings. The summed E-state index contributed by atoms with van der Waals surface area (Å²) in [7, 11) is 1.74. The second-order valence-electron chi connectivity index (χ2n) is 6.63. The van der Waals surface area contributed by atoms with E-state index >= 15 is 0 Å². The lowest BCUT2D eigenvalue weighted by Crippen LogP contribution is -1.98. The zero-order valence-corrected chi connectivity index (χ0v) is 17.3. The molecule has 0 spiro atoms. The van der Waals surface area contributed by atoms with Gasteiger partial charge in [-0.15, -0.1) is 6.58 Å². The van der Waals surface area contributed by atoms with E-state index in [1.165, 1.54) is 33.4 Å². The highest BCUT2D eigenvalue weighted by molar-refractivity contribution is 5.68. The van der Waals surface area contributed by atoms with Gasteiger partial charge in [0.15, 0.2) is 0 Å². The smallest absolute Gasteiger partial charge is 0.106 e. The number of carbonyl (C=O) groups is 1. The van der Waals surface area contributed by atoms with Crippen LogP contribution >= 0.6 is 0 Å². The van der Waals surface area contributed by atoms with Crippen LogP contribution in [0.15, 0.2) is 54.6 Å². The van der Waals surface area contributed by atoms with Gasteiger partial charge in [0.05, 0.1) is 0 Å². The van der Waals surface area contributed by atoms with Crippen LogP contribution in [0, 0.1) is 6.92 Å². The average Bonchev–Trinajstić information content (AvgIpc) is 2.65. The molecule has 0 aromatic heterocycles. The van der Waals surface area contributed by atoms with Crippen molar-refractivity contribution in [3.8, 4) is 11.1 Å². The van der Waals surface area contributed by atoms with Crippen LogP contribution in [0.1, 0.15) is 37.0 Å². The van der Waals surface area contributed by atoms with Gasteiger partial charge in [0.1, 0.15) is 6.79 Å². The molecule has 27 heavy (non-hydrogen) atoms. The molecule has 0 unspecified atom stereocenters. The first-order chi connectivity index (χ1) is 13.0. The van der Waals surface area contributed by atoms with Crippen LogP contribution in [0.5, 0.6) is 0 Å². The van der Waals surface area contributed by atoms with E-state index in [0.717, 1.165) is 19.4 Å². The average molecular weight is 371 g/mol. The number of carbonyl (C=O) groups excluding carboxylic acids is 1. The fourth-order valence-corrected chi connectivity index (χ4v) is 2.56.